The van der Waals surface area contributed by atoms with Crippen LogP contribution in [0.2, 0.25) is 0 Å². The molecule has 9 heteroatoms. The average molecular weight is 484 g/mol. The van der Waals surface area contributed by atoms with Gasteiger partial charge in [-0.25, -0.2) is 4.79 Å². The largest absolute Gasteiger partial charge is 0.497 e. The van der Waals surface area contributed by atoms with Crippen molar-refractivity contribution in [2.24, 2.45) is 0 Å². The maximum Gasteiger partial charge on any atom is 0.347 e. The molecule has 1 aromatic heterocycles. The van der Waals surface area contributed by atoms with Crippen LogP contribution >= 0.6 is 11.3 Å². The van der Waals surface area contributed by atoms with Gasteiger partial charge in [-0.2, -0.15) is 0 Å². The second-order valence-electron chi connectivity index (χ2n) is 7.43. The number of carbonyl (C=O) groups is 2. The number of fused-ring (bicyclic) bond motifs is 1. The van der Waals surface area contributed by atoms with E-state index in [0.717, 1.165) is 4.88 Å². The number of hydrogen-bond acceptors (Lipinski definition) is 8. The predicted octanol–water partition coefficient (Wildman–Crippen LogP) is 4.07. The number of ether oxygens (including phenoxy) is 5. The maximum absolute atomic E-state index is 13.1. The van der Waals surface area contributed by atoms with Crippen LogP contribution < -0.4 is 23.8 Å². The SMILES string of the molecule is COc1ccc(OC(C)C(=O)OCC(=O)N(Cc2cccs2)c2ccc3c(c2)OCCO3)cc1. The molecule has 1 amide bonds. The number of esters is 1. The Bertz CT molecular complexity index is 1110. The molecule has 34 heavy (non-hydrogen) atoms. The number of nitrogens with zero attached hydrogens (tertiary/aromatic N) is 1. The number of anilines is 1. The summed E-state index contributed by atoms with van der Waals surface area (Å²) in [6.45, 7) is 2.41. The highest BCUT2D eigenvalue weighted by atomic mass is 32.1. The zero-order valence-corrected chi connectivity index (χ0v) is 19.7. The normalized spacial score (nSPS) is 13.0. The lowest BCUT2D eigenvalue weighted by atomic mass is 10.2. The zero-order chi connectivity index (χ0) is 23.9. The number of rotatable bonds is 9. The van der Waals surface area contributed by atoms with E-state index >= 15 is 0 Å². The highest BCUT2D eigenvalue weighted by molar-refractivity contribution is 7.09. The van der Waals surface area contributed by atoms with Gasteiger partial charge in [0, 0.05) is 16.6 Å². The van der Waals surface area contributed by atoms with Crippen molar-refractivity contribution < 1.29 is 33.3 Å². The third kappa shape index (κ3) is 5.79. The van der Waals surface area contributed by atoms with Gasteiger partial charge in [-0.3, -0.25) is 4.79 Å². The molecule has 2 heterocycles. The van der Waals surface area contributed by atoms with E-state index in [1.54, 1.807) is 61.4 Å². The third-order valence-corrected chi connectivity index (χ3v) is 5.94. The van der Waals surface area contributed by atoms with Gasteiger partial charge in [0.1, 0.15) is 24.7 Å². The lowest BCUT2D eigenvalue weighted by Crippen LogP contribution is -2.36. The van der Waals surface area contributed by atoms with E-state index in [-0.39, 0.29) is 5.91 Å². The van der Waals surface area contributed by atoms with Crippen molar-refractivity contribution in [3.05, 3.63) is 64.9 Å². The van der Waals surface area contributed by atoms with E-state index < -0.39 is 18.7 Å². The van der Waals surface area contributed by atoms with Gasteiger partial charge >= 0.3 is 5.97 Å². The second kappa shape index (κ2) is 10.9. The molecule has 1 unspecified atom stereocenters. The van der Waals surface area contributed by atoms with Crippen molar-refractivity contribution in [3.63, 3.8) is 0 Å². The molecular formula is C25H25NO7S. The summed E-state index contributed by atoms with van der Waals surface area (Å²) in [4.78, 5) is 28.1. The van der Waals surface area contributed by atoms with Crippen LogP contribution in [-0.4, -0.2) is 44.9 Å². The van der Waals surface area contributed by atoms with E-state index in [1.807, 2.05) is 17.5 Å². The van der Waals surface area contributed by atoms with E-state index in [4.69, 9.17) is 23.7 Å². The molecular weight excluding hydrogens is 458 g/mol. The molecule has 1 aliphatic heterocycles. The number of benzene rings is 2. The molecule has 0 fully saturated rings. The zero-order valence-electron chi connectivity index (χ0n) is 18.9. The predicted molar refractivity (Wildman–Crippen MR) is 127 cm³/mol. The van der Waals surface area contributed by atoms with Crippen LogP contribution in [0.4, 0.5) is 5.69 Å². The molecule has 0 N–H and O–H groups in total. The number of thiophene rings is 1. The third-order valence-electron chi connectivity index (χ3n) is 5.07. The summed E-state index contributed by atoms with van der Waals surface area (Å²) in [5.74, 6) is 1.38. The van der Waals surface area contributed by atoms with E-state index in [1.165, 1.54) is 11.3 Å². The molecule has 0 saturated heterocycles. The Morgan fingerprint density at radius 3 is 2.47 bits per heavy atom. The standard InChI is InChI=1S/C25H25NO7S/c1-17(33-20-8-6-19(29-2)7-9-20)25(28)32-16-24(27)26(15-21-4-3-13-34-21)18-5-10-22-23(14-18)31-12-11-30-22/h3-10,13-14,17H,11-12,15-16H2,1-2H3. The van der Waals surface area contributed by atoms with E-state index in [2.05, 4.69) is 0 Å². The number of amides is 1. The van der Waals surface area contributed by atoms with Crippen LogP contribution in [0.15, 0.2) is 60.0 Å². The van der Waals surface area contributed by atoms with Gasteiger partial charge in [-0.15, -0.1) is 11.3 Å². The summed E-state index contributed by atoms with van der Waals surface area (Å²) < 4.78 is 27.2. The topological polar surface area (TPSA) is 83.5 Å². The summed E-state index contributed by atoms with van der Waals surface area (Å²) in [5.41, 5.74) is 0.626. The summed E-state index contributed by atoms with van der Waals surface area (Å²) in [7, 11) is 1.57. The number of methoxy groups -OCH3 is 1. The molecule has 178 valence electrons. The van der Waals surface area contributed by atoms with Crippen molar-refractivity contribution in [1.82, 2.24) is 0 Å². The van der Waals surface area contributed by atoms with Crippen LogP contribution in [0.1, 0.15) is 11.8 Å². The Hall–Kier alpha value is -3.72. The Labute approximate surface area is 201 Å². The van der Waals surface area contributed by atoms with Crippen LogP contribution in [0.3, 0.4) is 0 Å². The van der Waals surface area contributed by atoms with Crippen LogP contribution in [0, 0.1) is 0 Å². The van der Waals surface area contributed by atoms with Crippen LogP contribution in [0.5, 0.6) is 23.0 Å². The summed E-state index contributed by atoms with van der Waals surface area (Å²) in [5, 5.41) is 1.94. The van der Waals surface area contributed by atoms with Crippen molar-refractivity contribution >= 4 is 28.9 Å². The van der Waals surface area contributed by atoms with Crippen molar-refractivity contribution in [2.75, 3.05) is 31.8 Å². The van der Waals surface area contributed by atoms with Gasteiger partial charge in [0.25, 0.3) is 5.91 Å². The number of carbonyl (C=O) groups excluding carboxylic acids is 2. The van der Waals surface area contributed by atoms with Gasteiger partial charge in [0.05, 0.1) is 13.7 Å². The Balaban J connectivity index is 1.41. The molecule has 8 nitrogen and oxygen atoms in total. The highest BCUT2D eigenvalue weighted by Gasteiger charge is 2.23. The smallest absolute Gasteiger partial charge is 0.347 e. The molecule has 3 aromatic rings. The maximum atomic E-state index is 13.1. The second-order valence-corrected chi connectivity index (χ2v) is 8.46. The van der Waals surface area contributed by atoms with Crippen molar-refractivity contribution in [1.29, 1.82) is 0 Å². The van der Waals surface area contributed by atoms with Gasteiger partial charge in [-0.05, 0) is 54.8 Å². The average Bonchev–Trinajstić information content (AvgIpc) is 3.39. The highest BCUT2D eigenvalue weighted by Crippen LogP contribution is 2.34. The summed E-state index contributed by atoms with van der Waals surface area (Å²) in [6, 6.07) is 16.0. The van der Waals surface area contributed by atoms with E-state index in [0.29, 0.717) is 48.4 Å². The molecule has 0 bridgehead atoms. The van der Waals surface area contributed by atoms with Crippen LogP contribution in [0.25, 0.3) is 0 Å². The van der Waals surface area contributed by atoms with Gasteiger partial charge in [-0.1, -0.05) is 6.07 Å². The van der Waals surface area contributed by atoms with Gasteiger partial charge in [0.2, 0.25) is 0 Å². The van der Waals surface area contributed by atoms with Crippen LogP contribution in [-0.2, 0) is 20.9 Å². The minimum absolute atomic E-state index is 0.339. The quantitative estimate of drug-likeness (QED) is 0.424. The Morgan fingerprint density at radius 2 is 1.76 bits per heavy atom. The first kappa shape index (κ1) is 23.4. The first-order valence-electron chi connectivity index (χ1n) is 10.7. The Kier molecular flexibility index (Phi) is 7.54. The Morgan fingerprint density at radius 1 is 1.03 bits per heavy atom. The van der Waals surface area contributed by atoms with E-state index in [9.17, 15) is 9.59 Å². The van der Waals surface area contributed by atoms with Gasteiger partial charge < -0.3 is 28.6 Å². The minimum atomic E-state index is -0.888. The van der Waals surface area contributed by atoms with Crippen molar-refractivity contribution in [3.8, 4) is 23.0 Å². The fourth-order valence-electron chi connectivity index (χ4n) is 3.32. The van der Waals surface area contributed by atoms with Crippen molar-refractivity contribution in [2.45, 2.75) is 19.6 Å². The molecule has 0 radical (unpaired) electrons. The molecule has 1 atom stereocenters. The molecule has 1 aliphatic rings. The lowest BCUT2D eigenvalue weighted by Gasteiger charge is -2.25. The monoisotopic (exact) mass is 483 g/mol. The lowest BCUT2D eigenvalue weighted by molar-refractivity contribution is -0.154. The summed E-state index contributed by atoms with van der Waals surface area (Å²) >= 11 is 1.54. The fraction of sp³-hybridized carbons (Fsp3) is 0.280. The summed E-state index contributed by atoms with van der Waals surface area (Å²) in [6.07, 6.45) is -0.888. The molecule has 0 spiro atoms. The molecule has 0 aliphatic carbocycles. The minimum Gasteiger partial charge on any atom is -0.497 e. The molecule has 4 rings (SSSR count). The van der Waals surface area contributed by atoms with Gasteiger partial charge in [0.15, 0.2) is 24.2 Å². The molecule has 0 saturated carbocycles. The molecule has 2 aromatic carbocycles. The fourth-order valence-corrected chi connectivity index (χ4v) is 4.01. The number of hydrogen-bond donors (Lipinski definition) is 0. The first-order valence-corrected chi connectivity index (χ1v) is 11.6. The first-order chi connectivity index (χ1) is 16.5.